The number of likely N-dealkylation sites (tertiary alicyclic amines) is 1. The molecule has 4 aromatic rings. The van der Waals surface area contributed by atoms with E-state index in [0.717, 1.165) is 6.42 Å². The number of nitrogens with zero attached hydrogens (tertiary/aromatic N) is 7. The number of anilines is 1. The summed E-state index contributed by atoms with van der Waals surface area (Å²) < 4.78 is 15.1. The molecule has 4 aromatic heterocycles. The molecule has 2 aliphatic rings. The summed E-state index contributed by atoms with van der Waals surface area (Å²) in [6.07, 6.45) is 4.63. The molecule has 3 atom stereocenters. The van der Waals surface area contributed by atoms with Crippen molar-refractivity contribution in [2.24, 2.45) is 5.41 Å². The van der Waals surface area contributed by atoms with E-state index in [2.05, 4.69) is 48.2 Å². The molecular formula is C28H26BrFN8O3. The van der Waals surface area contributed by atoms with E-state index in [4.69, 9.17) is 4.98 Å². The molecular weight excluding hydrogens is 595 g/mol. The molecule has 1 aliphatic carbocycles. The van der Waals surface area contributed by atoms with Crippen LogP contribution in [0.15, 0.2) is 35.2 Å². The normalized spacial score (nSPS) is 21.2. The van der Waals surface area contributed by atoms with Crippen LogP contribution in [0, 0.1) is 25.1 Å². The molecule has 5 heterocycles. The van der Waals surface area contributed by atoms with E-state index in [9.17, 15) is 18.8 Å². The van der Waals surface area contributed by atoms with E-state index >= 15 is 0 Å². The van der Waals surface area contributed by atoms with Gasteiger partial charge in [0.05, 0.1) is 16.9 Å². The standard InChI is InChI=1S/C28H26BrFN8O3/c1-13-25-17(7-19(33-13)16-10-31-15(3)32-11-16)24(14(2)39)36-37(25)12-23(40)38-20(8-28(4)9-21(28)38)27(41)35-22-6-5-18(30)26(29)34-22/h5-7,10-11,20-21H,8-9,12H2,1-4H3,(H,34,35,41)/t20-,21+,28-/m0/s1. The Hall–Kier alpha value is -4.13. The van der Waals surface area contributed by atoms with Gasteiger partial charge in [-0.25, -0.2) is 19.3 Å². The Morgan fingerprint density at radius 3 is 2.56 bits per heavy atom. The van der Waals surface area contributed by atoms with Gasteiger partial charge >= 0.3 is 0 Å². The van der Waals surface area contributed by atoms with E-state index in [1.54, 1.807) is 37.2 Å². The first-order chi connectivity index (χ1) is 19.4. The van der Waals surface area contributed by atoms with E-state index in [1.807, 2.05) is 0 Å². The fourth-order valence-corrected chi connectivity index (χ4v) is 6.03. The Labute approximate surface area is 242 Å². The van der Waals surface area contributed by atoms with Crippen LogP contribution in [0.5, 0.6) is 0 Å². The Balaban J connectivity index is 1.31. The van der Waals surface area contributed by atoms with Gasteiger partial charge in [-0.1, -0.05) is 6.92 Å². The molecule has 6 rings (SSSR count). The molecule has 0 bridgehead atoms. The number of carbonyl (C=O) groups is 3. The fraction of sp³-hybridized carbons (Fsp3) is 0.357. The number of aromatic nitrogens is 6. The molecule has 0 aromatic carbocycles. The summed E-state index contributed by atoms with van der Waals surface area (Å²) in [5.41, 5.74) is 2.51. The summed E-state index contributed by atoms with van der Waals surface area (Å²) in [5, 5.41) is 7.81. The van der Waals surface area contributed by atoms with Gasteiger partial charge in [0.2, 0.25) is 11.8 Å². The lowest BCUT2D eigenvalue weighted by Crippen LogP contribution is -2.46. The smallest absolute Gasteiger partial charge is 0.248 e. The van der Waals surface area contributed by atoms with Crippen LogP contribution in [0.3, 0.4) is 0 Å². The Bertz CT molecular complexity index is 1760. The van der Waals surface area contributed by atoms with Crippen LogP contribution in [0.25, 0.3) is 22.2 Å². The van der Waals surface area contributed by atoms with E-state index < -0.39 is 17.8 Å². The van der Waals surface area contributed by atoms with Crippen LogP contribution in [-0.2, 0) is 16.1 Å². The van der Waals surface area contributed by atoms with Gasteiger partial charge in [-0.15, -0.1) is 0 Å². The third-order valence-corrected chi connectivity index (χ3v) is 8.43. The Kier molecular flexibility index (Phi) is 6.44. The summed E-state index contributed by atoms with van der Waals surface area (Å²) in [5.74, 6) is -0.666. The summed E-state index contributed by atoms with van der Waals surface area (Å²) in [6.45, 7) is 6.90. The van der Waals surface area contributed by atoms with Gasteiger partial charge in [0.25, 0.3) is 0 Å². The molecule has 0 unspecified atom stereocenters. The number of nitrogens with one attached hydrogen (secondary N) is 1. The van der Waals surface area contributed by atoms with Gasteiger partial charge in [-0.2, -0.15) is 5.10 Å². The van der Waals surface area contributed by atoms with E-state index in [0.29, 0.717) is 40.1 Å². The summed E-state index contributed by atoms with van der Waals surface area (Å²) in [6, 6.07) is 3.52. The molecule has 0 radical (unpaired) electrons. The molecule has 2 amide bonds. The van der Waals surface area contributed by atoms with Crippen molar-refractivity contribution in [2.75, 3.05) is 5.32 Å². The number of hydrogen-bond acceptors (Lipinski definition) is 8. The highest BCUT2D eigenvalue weighted by molar-refractivity contribution is 9.10. The Morgan fingerprint density at radius 2 is 1.88 bits per heavy atom. The zero-order valence-electron chi connectivity index (χ0n) is 22.8. The van der Waals surface area contributed by atoms with Crippen molar-refractivity contribution >= 4 is 50.2 Å². The lowest BCUT2D eigenvalue weighted by atomic mass is 10.0. The van der Waals surface area contributed by atoms with Crippen molar-refractivity contribution in [1.29, 1.82) is 0 Å². The van der Waals surface area contributed by atoms with Crippen molar-refractivity contribution in [3.05, 3.63) is 58.2 Å². The molecule has 1 N–H and O–H groups in total. The minimum absolute atomic E-state index is 0.0154. The first kappa shape index (κ1) is 27.1. The number of piperidine rings is 1. The van der Waals surface area contributed by atoms with Crippen LogP contribution in [0.1, 0.15) is 48.7 Å². The molecule has 41 heavy (non-hydrogen) atoms. The number of fused-ring (bicyclic) bond motifs is 2. The van der Waals surface area contributed by atoms with Gasteiger partial charge in [0, 0.05) is 36.3 Å². The number of rotatable bonds is 6. The zero-order chi connectivity index (χ0) is 29.2. The second-order valence-electron chi connectivity index (χ2n) is 10.9. The maximum atomic E-state index is 13.8. The fourth-order valence-electron chi connectivity index (χ4n) is 5.71. The molecule has 1 saturated carbocycles. The monoisotopic (exact) mass is 620 g/mol. The van der Waals surface area contributed by atoms with Crippen LogP contribution in [-0.4, -0.2) is 64.3 Å². The topological polar surface area (TPSA) is 136 Å². The highest BCUT2D eigenvalue weighted by Gasteiger charge is 2.64. The largest absolute Gasteiger partial charge is 0.325 e. The van der Waals surface area contributed by atoms with Crippen molar-refractivity contribution in [1.82, 2.24) is 34.6 Å². The highest BCUT2D eigenvalue weighted by Crippen LogP contribution is 2.59. The third-order valence-electron chi connectivity index (χ3n) is 7.88. The van der Waals surface area contributed by atoms with Crippen LogP contribution < -0.4 is 5.32 Å². The first-order valence-electron chi connectivity index (χ1n) is 13.1. The van der Waals surface area contributed by atoms with Gasteiger partial charge < -0.3 is 10.2 Å². The average Bonchev–Trinajstić information content (AvgIpc) is 3.27. The predicted molar refractivity (Wildman–Crippen MR) is 150 cm³/mol. The second-order valence-corrected chi connectivity index (χ2v) is 11.7. The molecule has 0 spiro atoms. The van der Waals surface area contributed by atoms with Crippen LogP contribution >= 0.6 is 15.9 Å². The highest BCUT2D eigenvalue weighted by atomic mass is 79.9. The third kappa shape index (κ3) is 4.77. The van der Waals surface area contributed by atoms with Crippen molar-refractivity contribution in [2.45, 2.75) is 59.2 Å². The molecule has 1 aliphatic heterocycles. The molecule has 210 valence electrons. The van der Waals surface area contributed by atoms with Crippen LogP contribution in [0.4, 0.5) is 10.2 Å². The van der Waals surface area contributed by atoms with Gasteiger partial charge in [0.1, 0.15) is 34.5 Å². The first-order valence-corrected chi connectivity index (χ1v) is 13.9. The molecule has 11 nitrogen and oxygen atoms in total. The van der Waals surface area contributed by atoms with Crippen LogP contribution in [0.2, 0.25) is 0 Å². The summed E-state index contributed by atoms with van der Waals surface area (Å²) >= 11 is 3.03. The number of halogens is 2. The maximum absolute atomic E-state index is 13.8. The second kappa shape index (κ2) is 9.75. The SMILES string of the molecule is CC(=O)c1nn(CC(=O)N2[C@H](C(=O)Nc3ccc(F)c(Br)n3)C[C@@]3(C)C[C@@H]23)c2c(C)nc(-c3cnc(C)nc3)cc12. The molecule has 13 heteroatoms. The number of ketones is 1. The van der Waals surface area contributed by atoms with Crippen molar-refractivity contribution in [3.8, 4) is 11.3 Å². The van der Waals surface area contributed by atoms with Gasteiger partial charge in [-0.05, 0) is 66.2 Å². The predicted octanol–water partition coefficient (Wildman–Crippen LogP) is 4.02. The number of aryl methyl sites for hydroxylation is 2. The number of carbonyl (C=O) groups excluding carboxylic acids is 3. The lowest BCUT2D eigenvalue weighted by Gasteiger charge is -2.27. The zero-order valence-corrected chi connectivity index (χ0v) is 24.4. The summed E-state index contributed by atoms with van der Waals surface area (Å²) in [4.78, 5) is 58.5. The number of Topliss-reactive ketones (excluding diaryl/α,β-unsaturated/α-hetero) is 1. The molecule has 2 fully saturated rings. The van der Waals surface area contributed by atoms with Crippen molar-refractivity contribution < 1.29 is 18.8 Å². The maximum Gasteiger partial charge on any atom is 0.248 e. The number of pyridine rings is 2. The Morgan fingerprint density at radius 1 is 1.15 bits per heavy atom. The minimum atomic E-state index is -0.724. The number of hydrogen-bond donors (Lipinski definition) is 1. The van der Waals surface area contributed by atoms with Gasteiger partial charge in [-0.3, -0.25) is 24.0 Å². The minimum Gasteiger partial charge on any atom is -0.325 e. The van der Waals surface area contributed by atoms with E-state index in [1.165, 1.54) is 23.7 Å². The van der Waals surface area contributed by atoms with Gasteiger partial charge in [0.15, 0.2) is 11.6 Å². The number of amides is 2. The lowest BCUT2D eigenvalue weighted by molar-refractivity contribution is -0.138. The molecule has 1 saturated heterocycles. The van der Waals surface area contributed by atoms with E-state index in [-0.39, 0.29) is 45.8 Å². The average molecular weight is 621 g/mol. The quantitative estimate of drug-likeness (QED) is 0.252. The summed E-state index contributed by atoms with van der Waals surface area (Å²) in [7, 11) is 0. The van der Waals surface area contributed by atoms with Crippen molar-refractivity contribution in [3.63, 3.8) is 0 Å².